The summed E-state index contributed by atoms with van der Waals surface area (Å²) in [7, 11) is 0. The Morgan fingerprint density at radius 3 is 2.76 bits per heavy atom. The van der Waals surface area contributed by atoms with Crippen molar-refractivity contribution in [3.63, 3.8) is 0 Å². The number of amidine groups is 1. The fourth-order valence-electron chi connectivity index (χ4n) is 1.12. The molecule has 3 N–H and O–H groups in total. The highest BCUT2D eigenvalue weighted by atomic mass is 79.9. The van der Waals surface area contributed by atoms with Crippen molar-refractivity contribution in [1.29, 1.82) is 5.41 Å². The molecule has 1 aromatic carbocycles. The van der Waals surface area contributed by atoms with Crippen molar-refractivity contribution in [2.75, 3.05) is 6.61 Å². The summed E-state index contributed by atoms with van der Waals surface area (Å²) in [6.45, 7) is 2.80. The minimum Gasteiger partial charge on any atom is -0.492 e. The van der Waals surface area contributed by atoms with Gasteiger partial charge < -0.3 is 10.5 Å². The molecule has 0 heterocycles. The first-order chi connectivity index (χ1) is 7.63. The maximum absolute atomic E-state index is 7.13. The van der Waals surface area contributed by atoms with Gasteiger partial charge in [0.05, 0.1) is 11.1 Å². The van der Waals surface area contributed by atoms with Crippen molar-refractivity contribution in [3.05, 3.63) is 28.2 Å². The number of nitrogens with one attached hydrogen (secondary N) is 1. The standard InChI is InChI=1S/C11H15BrN2OS.ClH/c1-2-5-15-10-4-3-8(6-9(10)12)7-16-11(13)14;/h3-4,6H,2,5,7H2,1H3,(H3,13,14);1H. The Kier molecular flexibility index (Phi) is 8.47. The second-order valence-electron chi connectivity index (χ2n) is 3.27. The second kappa shape index (κ2) is 8.66. The number of hydrogen-bond acceptors (Lipinski definition) is 3. The summed E-state index contributed by atoms with van der Waals surface area (Å²) >= 11 is 4.78. The maximum Gasteiger partial charge on any atom is 0.151 e. The largest absolute Gasteiger partial charge is 0.492 e. The average Bonchev–Trinajstić information content (AvgIpc) is 2.25. The zero-order valence-electron chi connectivity index (χ0n) is 9.53. The summed E-state index contributed by atoms with van der Waals surface area (Å²) < 4.78 is 6.49. The van der Waals surface area contributed by atoms with Crippen LogP contribution in [-0.4, -0.2) is 11.8 Å². The van der Waals surface area contributed by atoms with Crippen LogP contribution in [0.5, 0.6) is 5.75 Å². The Bertz CT molecular complexity index is 376. The van der Waals surface area contributed by atoms with E-state index in [1.165, 1.54) is 11.8 Å². The van der Waals surface area contributed by atoms with E-state index in [2.05, 4.69) is 22.9 Å². The molecule has 0 amide bonds. The molecule has 0 saturated carbocycles. The fraction of sp³-hybridized carbons (Fsp3) is 0.364. The molecule has 0 saturated heterocycles. The molecular formula is C11H16BrClN2OS. The number of hydrogen-bond donors (Lipinski definition) is 2. The summed E-state index contributed by atoms with van der Waals surface area (Å²) in [5.41, 5.74) is 6.41. The molecule has 0 aliphatic carbocycles. The van der Waals surface area contributed by atoms with Crippen LogP contribution >= 0.6 is 40.1 Å². The zero-order valence-corrected chi connectivity index (χ0v) is 12.8. The van der Waals surface area contributed by atoms with Crippen molar-refractivity contribution in [3.8, 4) is 5.75 Å². The van der Waals surface area contributed by atoms with E-state index in [1.54, 1.807) is 0 Å². The van der Waals surface area contributed by atoms with E-state index in [1.807, 2.05) is 18.2 Å². The van der Waals surface area contributed by atoms with Gasteiger partial charge in [0.15, 0.2) is 5.17 Å². The van der Waals surface area contributed by atoms with Crippen LogP contribution in [0.4, 0.5) is 0 Å². The van der Waals surface area contributed by atoms with E-state index in [0.29, 0.717) is 5.75 Å². The molecule has 0 spiro atoms. The zero-order chi connectivity index (χ0) is 12.0. The summed E-state index contributed by atoms with van der Waals surface area (Å²) in [5.74, 6) is 1.57. The van der Waals surface area contributed by atoms with Gasteiger partial charge in [0.25, 0.3) is 0 Å². The van der Waals surface area contributed by atoms with Gasteiger partial charge in [-0.3, -0.25) is 5.41 Å². The van der Waals surface area contributed by atoms with Crippen LogP contribution in [-0.2, 0) is 5.75 Å². The van der Waals surface area contributed by atoms with Crippen LogP contribution < -0.4 is 10.5 Å². The Hall–Kier alpha value is -0.390. The van der Waals surface area contributed by atoms with Crippen LogP contribution in [0.3, 0.4) is 0 Å². The summed E-state index contributed by atoms with van der Waals surface area (Å²) in [6, 6.07) is 5.93. The van der Waals surface area contributed by atoms with E-state index in [4.69, 9.17) is 15.9 Å². The highest BCUT2D eigenvalue weighted by Crippen LogP contribution is 2.27. The lowest BCUT2D eigenvalue weighted by Crippen LogP contribution is -2.03. The van der Waals surface area contributed by atoms with Crippen molar-refractivity contribution >= 4 is 45.3 Å². The lowest BCUT2D eigenvalue weighted by atomic mass is 10.2. The first kappa shape index (κ1) is 16.6. The normalized spacial score (nSPS) is 9.53. The van der Waals surface area contributed by atoms with E-state index in [9.17, 15) is 0 Å². The van der Waals surface area contributed by atoms with Crippen LogP contribution in [0.15, 0.2) is 22.7 Å². The third-order valence-corrected chi connectivity index (χ3v) is 3.26. The highest BCUT2D eigenvalue weighted by Gasteiger charge is 2.03. The predicted octanol–water partition coefficient (Wildman–Crippen LogP) is 3.79. The molecule has 1 rings (SSSR count). The lowest BCUT2D eigenvalue weighted by molar-refractivity contribution is 0.315. The molecular weight excluding hydrogens is 324 g/mol. The summed E-state index contributed by atoms with van der Waals surface area (Å²) in [4.78, 5) is 0. The predicted molar refractivity (Wildman–Crippen MR) is 80.4 cm³/mol. The Labute approximate surface area is 121 Å². The number of ether oxygens (including phenoxy) is 1. The van der Waals surface area contributed by atoms with E-state index in [-0.39, 0.29) is 17.6 Å². The van der Waals surface area contributed by atoms with E-state index in [0.717, 1.165) is 28.8 Å². The number of nitrogens with two attached hydrogens (primary N) is 1. The fourth-order valence-corrected chi connectivity index (χ4v) is 2.17. The van der Waals surface area contributed by atoms with Gasteiger partial charge in [-0.15, -0.1) is 12.4 Å². The molecule has 0 unspecified atom stereocenters. The monoisotopic (exact) mass is 338 g/mol. The molecule has 0 fully saturated rings. The van der Waals surface area contributed by atoms with Gasteiger partial charge in [-0.2, -0.15) is 0 Å². The number of thioether (sulfide) groups is 1. The topological polar surface area (TPSA) is 59.1 Å². The van der Waals surface area contributed by atoms with Gasteiger partial charge in [0, 0.05) is 5.75 Å². The van der Waals surface area contributed by atoms with Crippen molar-refractivity contribution in [1.82, 2.24) is 0 Å². The van der Waals surface area contributed by atoms with Gasteiger partial charge in [-0.1, -0.05) is 24.8 Å². The second-order valence-corrected chi connectivity index (χ2v) is 5.14. The van der Waals surface area contributed by atoms with Crippen LogP contribution in [0.2, 0.25) is 0 Å². The Balaban J connectivity index is 0.00000256. The molecule has 1 aromatic rings. The molecule has 17 heavy (non-hydrogen) atoms. The minimum atomic E-state index is 0. The number of rotatable bonds is 5. The minimum absolute atomic E-state index is 0. The van der Waals surface area contributed by atoms with Gasteiger partial charge in [-0.25, -0.2) is 0 Å². The lowest BCUT2D eigenvalue weighted by Gasteiger charge is -2.08. The van der Waals surface area contributed by atoms with Crippen LogP contribution in [0, 0.1) is 5.41 Å². The molecule has 3 nitrogen and oxygen atoms in total. The summed E-state index contributed by atoms with van der Waals surface area (Å²) in [5, 5.41) is 7.28. The number of halogens is 2. The number of benzene rings is 1. The van der Waals surface area contributed by atoms with Gasteiger partial charge in [-0.05, 0) is 40.0 Å². The molecule has 0 aliphatic heterocycles. The first-order valence-corrected chi connectivity index (χ1v) is 6.79. The first-order valence-electron chi connectivity index (χ1n) is 5.01. The third-order valence-electron chi connectivity index (χ3n) is 1.85. The highest BCUT2D eigenvalue weighted by molar-refractivity contribution is 9.10. The molecule has 0 atom stereocenters. The van der Waals surface area contributed by atoms with Gasteiger partial charge in [0.1, 0.15) is 5.75 Å². The van der Waals surface area contributed by atoms with Crippen molar-refractivity contribution in [2.24, 2.45) is 5.73 Å². The molecule has 0 bridgehead atoms. The van der Waals surface area contributed by atoms with E-state index < -0.39 is 0 Å². The van der Waals surface area contributed by atoms with Crippen LogP contribution in [0.1, 0.15) is 18.9 Å². The maximum atomic E-state index is 7.13. The van der Waals surface area contributed by atoms with Gasteiger partial charge in [0.2, 0.25) is 0 Å². The average molecular weight is 340 g/mol. The molecule has 6 heteroatoms. The summed E-state index contributed by atoms with van der Waals surface area (Å²) in [6.07, 6.45) is 0.994. The molecule has 0 radical (unpaired) electrons. The van der Waals surface area contributed by atoms with Crippen molar-refractivity contribution in [2.45, 2.75) is 19.1 Å². The SMILES string of the molecule is CCCOc1ccc(CSC(=N)N)cc1Br.Cl. The molecule has 0 aromatic heterocycles. The van der Waals surface area contributed by atoms with E-state index >= 15 is 0 Å². The van der Waals surface area contributed by atoms with Gasteiger partial charge >= 0.3 is 0 Å². The molecule has 96 valence electrons. The Morgan fingerprint density at radius 1 is 1.53 bits per heavy atom. The molecule has 0 aliphatic rings. The smallest absolute Gasteiger partial charge is 0.151 e. The third kappa shape index (κ3) is 6.19. The Morgan fingerprint density at radius 2 is 2.24 bits per heavy atom. The van der Waals surface area contributed by atoms with Crippen LogP contribution in [0.25, 0.3) is 0 Å². The quantitative estimate of drug-likeness (QED) is 0.634. The van der Waals surface area contributed by atoms with Crippen molar-refractivity contribution < 1.29 is 4.74 Å².